The molecule has 27 heavy (non-hydrogen) atoms. The molecular weight excluding hydrogens is 332 g/mol. The topological polar surface area (TPSA) is 21.8 Å². The number of aryl methyl sites for hydroxylation is 1. The van der Waals surface area contributed by atoms with Gasteiger partial charge in [-0.05, 0) is 63.1 Å². The molecule has 1 saturated heterocycles. The summed E-state index contributed by atoms with van der Waals surface area (Å²) in [4.78, 5) is 0. The number of epoxide rings is 1. The van der Waals surface area contributed by atoms with Gasteiger partial charge >= 0.3 is 0 Å². The number of unbranched alkanes of at least 4 members (excludes halogenated alkanes) is 9. The van der Waals surface area contributed by atoms with E-state index in [-0.39, 0.29) is 5.60 Å². The molecule has 152 valence electrons. The van der Waals surface area contributed by atoms with Gasteiger partial charge in [0.15, 0.2) is 0 Å². The van der Waals surface area contributed by atoms with Gasteiger partial charge in [0, 0.05) is 0 Å². The van der Waals surface area contributed by atoms with Gasteiger partial charge < -0.3 is 9.47 Å². The number of allylic oxidation sites excluding steroid dienone is 2. The third-order valence-corrected chi connectivity index (χ3v) is 5.33. The monoisotopic (exact) mass is 372 g/mol. The van der Waals surface area contributed by atoms with Crippen molar-refractivity contribution in [1.29, 1.82) is 0 Å². The molecule has 2 heteroatoms. The van der Waals surface area contributed by atoms with Crippen LogP contribution in [-0.2, 0) is 11.2 Å². The van der Waals surface area contributed by atoms with E-state index in [9.17, 15) is 0 Å². The molecule has 0 bridgehead atoms. The Balaban J connectivity index is 1.40. The molecule has 1 fully saturated rings. The number of hydrogen-bond acceptors (Lipinski definition) is 2. The zero-order valence-electron chi connectivity index (χ0n) is 17.7. The summed E-state index contributed by atoms with van der Waals surface area (Å²) >= 11 is 0. The van der Waals surface area contributed by atoms with Gasteiger partial charge in [-0.1, -0.05) is 69.7 Å². The van der Waals surface area contributed by atoms with Crippen LogP contribution >= 0.6 is 0 Å². The first-order chi connectivity index (χ1) is 13.2. The maximum absolute atomic E-state index is 5.78. The van der Waals surface area contributed by atoms with Gasteiger partial charge in [-0.25, -0.2) is 0 Å². The maximum Gasteiger partial charge on any atom is 0.123 e. The number of benzene rings is 1. The predicted molar refractivity (Wildman–Crippen MR) is 116 cm³/mol. The first kappa shape index (κ1) is 22.0. The van der Waals surface area contributed by atoms with E-state index in [1.165, 1.54) is 82.6 Å². The van der Waals surface area contributed by atoms with Crippen LogP contribution in [0.1, 0.15) is 90.0 Å². The molecule has 1 heterocycles. The molecule has 2 nitrogen and oxygen atoms in total. The Kier molecular flexibility index (Phi) is 10.6. The molecule has 1 aliphatic rings. The zero-order chi connectivity index (χ0) is 19.2. The van der Waals surface area contributed by atoms with Gasteiger partial charge in [0.25, 0.3) is 0 Å². The Morgan fingerprint density at radius 1 is 0.889 bits per heavy atom. The molecule has 0 N–H and O–H groups in total. The third kappa shape index (κ3) is 10.6. The summed E-state index contributed by atoms with van der Waals surface area (Å²) in [5.74, 6) is 0.954. The first-order valence-corrected chi connectivity index (χ1v) is 11.2. The van der Waals surface area contributed by atoms with Crippen molar-refractivity contribution in [3.05, 3.63) is 42.0 Å². The lowest BCUT2D eigenvalue weighted by molar-refractivity contribution is 0.202. The lowest BCUT2D eigenvalue weighted by Crippen LogP contribution is -2.16. The quantitative estimate of drug-likeness (QED) is 0.173. The Bertz CT molecular complexity index is 514. The summed E-state index contributed by atoms with van der Waals surface area (Å²) in [6, 6.07) is 8.60. The van der Waals surface area contributed by atoms with E-state index >= 15 is 0 Å². The lowest BCUT2D eigenvalue weighted by atomic mass is 10.0. The van der Waals surface area contributed by atoms with Crippen LogP contribution < -0.4 is 4.74 Å². The van der Waals surface area contributed by atoms with E-state index in [4.69, 9.17) is 9.47 Å². The van der Waals surface area contributed by atoms with Crippen LogP contribution in [0.5, 0.6) is 5.75 Å². The molecule has 2 rings (SSSR count). The minimum atomic E-state index is -0.0381. The van der Waals surface area contributed by atoms with Crippen molar-refractivity contribution in [3.8, 4) is 5.75 Å². The average Bonchev–Trinajstić information content (AvgIpc) is 3.42. The molecule has 0 radical (unpaired) electrons. The van der Waals surface area contributed by atoms with Crippen molar-refractivity contribution in [2.24, 2.45) is 0 Å². The van der Waals surface area contributed by atoms with Gasteiger partial charge in [-0.15, -0.1) is 0 Å². The predicted octanol–water partition coefficient (Wildman–Crippen LogP) is 7.26. The van der Waals surface area contributed by atoms with E-state index in [0.29, 0.717) is 6.61 Å². The Hall–Kier alpha value is -1.28. The molecule has 0 aromatic heterocycles. The highest BCUT2D eigenvalue weighted by Gasteiger charge is 2.40. The molecule has 0 spiro atoms. The van der Waals surface area contributed by atoms with Crippen molar-refractivity contribution >= 4 is 0 Å². The fourth-order valence-electron chi connectivity index (χ4n) is 3.24. The summed E-state index contributed by atoms with van der Waals surface area (Å²) in [5, 5.41) is 0. The zero-order valence-corrected chi connectivity index (χ0v) is 17.7. The largest absolute Gasteiger partial charge is 0.491 e. The molecule has 1 atom stereocenters. The van der Waals surface area contributed by atoms with Gasteiger partial charge in [-0.2, -0.15) is 0 Å². The SMILES string of the molecule is CCCCC/C=C/CCCCCCCCc1ccc(OCC2(C)CO2)cc1. The molecule has 1 aromatic carbocycles. The van der Waals surface area contributed by atoms with Gasteiger partial charge in [0.05, 0.1) is 6.61 Å². The summed E-state index contributed by atoms with van der Waals surface area (Å²) in [7, 11) is 0. The van der Waals surface area contributed by atoms with Crippen LogP contribution in [0.2, 0.25) is 0 Å². The Labute approximate surface area is 167 Å². The normalized spacial score (nSPS) is 18.9. The van der Waals surface area contributed by atoms with E-state index in [1.54, 1.807) is 0 Å². The van der Waals surface area contributed by atoms with Gasteiger partial charge in [0.2, 0.25) is 0 Å². The highest BCUT2D eigenvalue weighted by atomic mass is 16.6. The van der Waals surface area contributed by atoms with Gasteiger partial charge in [-0.3, -0.25) is 0 Å². The second-order valence-electron chi connectivity index (χ2n) is 8.30. The maximum atomic E-state index is 5.78. The molecule has 1 aliphatic heterocycles. The van der Waals surface area contributed by atoms with E-state index < -0.39 is 0 Å². The number of ether oxygens (including phenoxy) is 2. The molecule has 0 aliphatic carbocycles. The van der Waals surface area contributed by atoms with Crippen molar-refractivity contribution < 1.29 is 9.47 Å². The summed E-state index contributed by atoms with van der Waals surface area (Å²) in [5.41, 5.74) is 1.38. The molecule has 0 amide bonds. The van der Waals surface area contributed by atoms with Crippen molar-refractivity contribution in [2.45, 2.75) is 96.5 Å². The van der Waals surface area contributed by atoms with Crippen LogP contribution in [-0.4, -0.2) is 18.8 Å². The van der Waals surface area contributed by atoms with Gasteiger partial charge in [0.1, 0.15) is 18.0 Å². The Morgan fingerprint density at radius 3 is 2.11 bits per heavy atom. The second kappa shape index (κ2) is 13.0. The van der Waals surface area contributed by atoms with E-state index in [1.807, 2.05) is 0 Å². The van der Waals surface area contributed by atoms with Crippen molar-refractivity contribution in [1.82, 2.24) is 0 Å². The fraction of sp³-hybridized carbons (Fsp3) is 0.680. The summed E-state index contributed by atoms with van der Waals surface area (Å²) < 4.78 is 11.1. The second-order valence-corrected chi connectivity index (χ2v) is 8.30. The first-order valence-electron chi connectivity index (χ1n) is 11.2. The smallest absolute Gasteiger partial charge is 0.123 e. The number of hydrogen-bond donors (Lipinski definition) is 0. The van der Waals surface area contributed by atoms with E-state index in [0.717, 1.165) is 12.4 Å². The van der Waals surface area contributed by atoms with Crippen molar-refractivity contribution in [3.63, 3.8) is 0 Å². The molecule has 1 unspecified atom stereocenters. The Morgan fingerprint density at radius 2 is 1.48 bits per heavy atom. The van der Waals surface area contributed by atoms with Crippen LogP contribution in [0.25, 0.3) is 0 Å². The average molecular weight is 373 g/mol. The fourth-order valence-corrected chi connectivity index (χ4v) is 3.24. The minimum absolute atomic E-state index is 0.0381. The lowest BCUT2D eigenvalue weighted by Gasteiger charge is -2.09. The van der Waals surface area contributed by atoms with Crippen molar-refractivity contribution in [2.75, 3.05) is 13.2 Å². The van der Waals surface area contributed by atoms with Crippen LogP contribution in [0.3, 0.4) is 0 Å². The molecule has 1 aromatic rings. The highest BCUT2D eigenvalue weighted by Crippen LogP contribution is 2.27. The third-order valence-electron chi connectivity index (χ3n) is 5.33. The minimum Gasteiger partial charge on any atom is -0.491 e. The summed E-state index contributed by atoms with van der Waals surface area (Å²) in [6.07, 6.45) is 20.7. The van der Waals surface area contributed by atoms with Crippen LogP contribution in [0, 0.1) is 0 Å². The van der Waals surface area contributed by atoms with Crippen LogP contribution in [0.15, 0.2) is 36.4 Å². The standard InChI is InChI=1S/C25H40O2/c1-3-4-5-6-7-8-9-10-11-12-13-14-15-16-23-17-19-24(20-18-23)26-21-25(2)22-27-25/h7-8,17-20H,3-6,9-16,21-22H2,1-2H3/b8-7+. The van der Waals surface area contributed by atoms with Crippen LogP contribution in [0.4, 0.5) is 0 Å². The number of rotatable bonds is 16. The molecular formula is C25H40O2. The highest BCUT2D eigenvalue weighted by molar-refractivity contribution is 5.27. The summed E-state index contributed by atoms with van der Waals surface area (Å²) in [6.45, 7) is 5.83. The van der Waals surface area contributed by atoms with E-state index in [2.05, 4.69) is 50.3 Å². The molecule has 0 saturated carbocycles.